The van der Waals surface area contributed by atoms with E-state index < -0.39 is 0 Å². The first kappa shape index (κ1) is 23.8. The molecule has 2 N–H and O–H groups in total. The number of nitrogens with two attached hydrogens (primary N) is 1. The fourth-order valence-electron chi connectivity index (χ4n) is 4.83. The minimum absolute atomic E-state index is 0.613. The zero-order valence-corrected chi connectivity index (χ0v) is 20.6. The zero-order valence-electron chi connectivity index (χ0n) is 20.6. The molecule has 33 heavy (non-hydrogen) atoms. The van der Waals surface area contributed by atoms with E-state index in [0.717, 1.165) is 63.0 Å². The largest absolute Gasteiger partial charge is 0.399 e. The number of hydrogen-bond acceptors (Lipinski definition) is 7. The Morgan fingerprint density at radius 1 is 0.909 bits per heavy atom. The van der Waals surface area contributed by atoms with Gasteiger partial charge in [-0.15, -0.1) is 0 Å². The van der Waals surface area contributed by atoms with E-state index in [9.17, 15) is 0 Å². The second-order valence-corrected chi connectivity index (χ2v) is 9.56. The number of benzene rings is 1. The fourth-order valence-corrected chi connectivity index (χ4v) is 4.83. The lowest BCUT2D eigenvalue weighted by molar-refractivity contribution is 0.0970. The number of nitrogen functional groups attached to an aromatic ring is 1. The maximum absolute atomic E-state index is 6.12. The van der Waals surface area contributed by atoms with Gasteiger partial charge in [0.2, 0.25) is 0 Å². The van der Waals surface area contributed by atoms with Crippen LogP contribution >= 0.6 is 0 Å². The van der Waals surface area contributed by atoms with Crippen LogP contribution in [0.15, 0.2) is 30.3 Å². The van der Waals surface area contributed by atoms with Crippen LogP contribution in [0.2, 0.25) is 0 Å². The standard InChI is InChI=1S/C26H40N6O/c1-21-17-22(2)28-26(18-21)32-14-12-31(13-15-32)25-6-5-24(27)19-23(25)20-33-16-4-7-30-10-8-29(3)9-11-30/h5-6,17-19H,4,7-16,20,27H2,1-3H3. The highest BCUT2D eigenvalue weighted by Crippen LogP contribution is 2.26. The van der Waals surface area contributed by atoms with Crippen LogP contribution in [0.25, 0.3) is 0 Å². The van der Waals surface area contributed by atoms with Gasteiger partial charge in [0.25, 0.3) is 0 Å². The van der Waals surface area contributed by atoms with Gasteiger partial charge in [-0.25, -0.2) is 4.98 Å². The van der Waals surface area contributed by atoms with Crippen molar-refractivity contribution in [3.05, 3.63) is 47.2 Å². The average molecular weight is 453 g/mol. The van der Waals surface area contributed by atoms with Crippen molar-refractivity contribution < 1.29 is 4.74 Å². The molecule has 1 aromatic heterocycles. The number of aryl methyl sites for hydroxylation is 2. The summed E-state index contributed by atoms with van der Waals surface area (Å²) in [5, 5.41) is 0. The Morgan fingerprint density at radius 2 is 1.64 bits per heavy atom. The SMILES string of the molecule is Cc1cc(C)nc(N2CCN(c3ccc(N)cc3COCCCN3CCN(C)CC3)CC2)c1. The van der Waals surface area contributed by atoms with Gasteiger partial charge in [-0.1, -0.05) is 0 Å². The summed E-state index contributed by atoms with van der Waals surface area (Å²) < 4.78 is 6.10. The van der Waals surface area contributed by atoms with Gasteiger partial charge in [0.05, 0.1) is 6.61 Å². The predicted octanol–water partition coefficient (Wildman–Crippen LogP) is 2.76. The molecule has 0 radical (unpaired) electrons. The van der Waals surface area contributed by atoms with Crippen molar-refractivity contribution in [2.24, 2.45) is 0 Å². The normalized spacial score (nSPS) is 18.2. The third-order valence-electron chi connectivity index (χ3n) is 6.75. The minimum Gasteiger partial charge on any atom is -0.399 e. The average Bonchev–Trinajstić information content (AvgIpc) is 2.80. The first-order valence-corrected chi connectivity index (χ1v) is 12.3. The van der Waals surface area contributed by atoms with Crippen LogP contribution in [-0.2, 0) is 11.3 Å². The van der Waals surface area contributed by atoms with Crippen molar-refractivity contribution >= 4 is 17.2 Å². The van der Waals surface area contributed by atoms with E-state index in [1.54, 1.807) is 0 Å². The number of hydrogen-bond donors (Lipinski definition) is 1. The maximum Gasteiger partial charge on any atom is 0.129 e. The van der Waals surface area contributed by atoms with Gasteiger partial charge in [0.1, 0.15) is 5.82 Å². The number of nitrogens with zero attached hydrogens (tertiary/aromatic N) is 5. The Bertz CT molecular complexity index is 883. The van der Waals surface area contributed by atoms with Gasteiger partial charge in [-0.05, 0) is 63.2 Å². The number of aromatic nitrogens is 1. The van der Waals surface area contributed by atoms with Crippen molar-refractivity contribution in [1.29, 1.82) is 0 Å². The smallest absolute Gasteiger partial charge is 0.129 e. The molecule has 0 unspecified atom stereocenters. The molecule has 1 aromatic carbocycles. The third-order valence-corrected chi connectivity index (χ3v) is 6.75. The highest BCUT2D eigenvalue weighted by Gasteiger charge is 2.21. The first-order valence-electron chi connectivity index (χ1n) is 12.3. The molecule has 2 aromatic rings. The van der Waals surface area contributed by atoms with Crippen LogP contribution in [0, 0.1) is 13.8 Å². The Hall–Kier alpha value is -2.35. The summed E-state index contributed by atoms with van der Waals surface area (Å²) in [6.07, 6.45) is 1.07. The number of rotatable bonds is 8. The molecule has 2 aliphatic rings. The van der Waals surface area contributed by atoms with E-state index in [1.165, 1.54) is 43.0 Å². The Labute approximate surface area is 199 Å². The third kappa shape index (κ3) is 6.59. The van der Waals surface area contributed by atoms with Crippen molar-refractivity contribution in [3.8, 4) is 0 Å². The molecule has 180 valence electrons. The predicted molar refractivity (Wildman–Crippen MR) is 137 cm³/mol. The molecule has 7 heteroatoms. The quantitative estimate of drug-likeness (QED) is 0.488. The maximum atomic E-state index is 6.12. The summed E-state index contributed by atoms with van der Waals surface area (Å²) in [6.45, 7) is 15.3. The van der Waals surface area contributed by atoms with Gasteiger partial charge in [-0.3, -0.25) is 0 Å². The second-order valence-electron chi connectivity index (χ2n) is 9.56. The minimum atomic E-state index is 0.613. The van der Waals surface area contributed by atoms with Crippen molar-refractivity contribution in [2.75, 3.05) is 88.1 Å². The van der Waals surface area contributed by atoms with Crippen LogP contribution in [-0.4, -0.2) is 87.3 Å². The van der Waals surface area contributed by atoms with Crippen LogP contribution in [0.4, 0.5) is 17.2 Å². The number of ether oxygens (including phenoxy) is 1. The number of likely N-dealkylation sites (N-methyl/N-ethyl adjacent to an activating group) is 1. The highest BCUT2D eigenvalue weighted by molar-refractivity contribution is 5.60. The molecule has 2 saturated heterocycles. The summed E-state index contributed by atoms with van der Waals surface area (Å²) in [7, 11) is 2.20. The molecule has 0 spiro atoms. The van der Waals surface area contributed by atoms with Gasteiger partial charge in [0.15, 0.2) is 0 Å². The second kappa shape index (κ2) is 11.2. The molecule has 3 heterocycles. The van der Waals surface area contributed by atoms with Crippen LogP contribution in [0.5, 0.6) is 0 Å². The van der Waals surface area contributed by atoms with Crippen LogP contribution in [0.3, 0.4) is 0 Å². The Kier molecular flexibility index (Phi) is 8.06. The Balaban J connectivity index is 1.28. The highest BCUT2D eigenvalue weighted by atomic mass is 16.5. The van der Waals surface area contributed by atoms with E-state index in [4.69, 9.17) is 15.5 Å². The van der Waals surface area contributed by atoms with Crippen LogP contribution < -0.4 is 15.5 Å². The lowest BCUT2D eigenvalue weighted by Gasteiger charge is -2.38. The van der Waals surface area contributed by atoms with Crippen molar-refractivity contribution in [1.82, 2.24) is 14.8 Å². The van der Waals surface area contributed by atoms with E-state index >= 15 is 0 Å². The molecule has 7 nitrogen and oxygen atoms in total. The summed E-state index contributed by atoms with van der Waals surface area (Å²) in [5.41, 5.74) is 11.7. The molecule has 0 atom stereocenters. The molecule has 0 amide bonds. The lowest BCUT2D eigenvalue weighted by Crippen LogP contribution is -2.47. The van der Waals surface area contributed by atoms with Crippen LogP contribution in [0.1, 0.15) is 23.2 Å². The monoisotopic (exact) mass is 452 g/mol. The number of anilines is 3. The summed E-state index contributed by atoms with van der Waals surface area (Å²) in [5.74, 6) is 1.09. The van der Waals surface area contributed by atoms with Crippen molar-refractivity contribution in [2.45, 2.75) is 26.9 Å². The van der Waals surface area contributed by atoms with Gasteiger partial charge in [0, 0.05) is 88.1 Å². The first-order chi connectivity index (χ1) is 16.0. The molecular weight excluding hydrogens is 412 g/mol. The molecule has 0 bridgehead atoms. The van der Waals surface area contributed by atoms with Gasteiger partial charge < -0.3 is 30.1 Å². The molecule has 4 rings (SSSR count). The Morgan fingerprint density at radius 3 is 2.36 bits per heavy atom. The van der Waals surface area contributed by atoms with Gasteiger partial charge >= 0.3 is 0 Å². The lowest BCUT2D eigenvalue weighted by atomic mass is 10.1. The van der Waals surface area contributed by atoms with Gasteiger partial charge in [-0.2, -0.15) is 0 Å². The molecule has 0 saturated carbocycles. The molecule has 2 aliphatic heterocycles. The fraction of sp³-hybridized carbons (Fsp3) is 0.577. The molecule has 2 fully saturated rings. The zero-order chi connectivity index (χ0) is 23.2. The topological polar surface area (TPSA) is 61.1 Å². The molecular formula is C26H40N6O. The van der Waals surface area contributed by atoms with Crippen molar-refractivity contribution in [3.63, 3.8) is 0 Å². The number of pyridine rings is 1. The van der Waals surface area contributed by atoms with E-state index in [1.807, 2.05) is 6.07 Å². The molecule has 0 aliphatic carbocycles. The van der Waals surface area contributed by atoms with E-state index in [-0.39, 0.29) is 0 Å². The summed E-state index contributed by atoms with van der Waals surface area (Å²) >= 11 is 0. The number of piperazine rings is 2. The van der Waals surface area contributed by atoms with E-state index in [0.29, 0.717) is 6.61 Å². The summed E-state index contributed by atoms with van der Waals surface area (Å²) in [6, 6.07) is 10.6. The summed E-state index contributed by atoms with van der Waals surface area (Å²) in [4.78, 5) is 14.5. The van der Waals surface area contributed by atoms with E-state index in [2.05, 4.69) is 64.8 Å².